The molecule has 0 bridgehead atoms. The van der Waals surface area contributed by atoms with Gasteiger partial charge in [-0.3, -0.25) is 4.98 Å². The first-order valence-electron chi connectivity index (χ1n) is 9.12. The van der Waals surface area contributed by atoms with Gasteiger partial charge in [0.1, 0.15) is 0 Å². The van der Waals surface area contributed by atoms with Crippen molar-refractivity contribution in [3.8, 4) is 0 Å². The van der Waals surface area contributed by atoms with Crippen LogP contribution in [0.3, 0.4) is 0 Å². The Kier molecular flexibility index (Phi) is 6.09. The molecule has 0 unspecified atom stereocenters. The summed E-state index contributed by atoms with van der Waals surface area (Å²) in [6, 6.07) is 2.08. The first-order chi connectivity index (χ1) is 12.1. The summed E-state index contributed by atoms with van der Waals surface area (Å²) in [5.41, 5.74) is 2.40. The van der Waals surface area contributed by atoms with E-state index in [9.17, 15) is 4.79 Å². The second-order valence-electron chi connectivity index (χ2n) is 6.93. The Hall–Kier alpha value is -1.86. The van der Waals surface area contributed by atoms with Crippen molar-refractivity contribution in [3.05, 3.63) is 24.0 Å². The van der Waals surface area contributed by atoms with Gasteiger partial charge in [-0.05, 0) is 32.0 Å². The van der Waals surface area contributed by atoms with E-state index in [4.69, 9.17) is 4.74 Å². The van der Waals surface area contributed by atoms with Crippen LogP contribution < -0.4 is 10.2 Å². The topological polar surface area (TPSA) is 60.9 Å². The van der Waals surface area contributed by atoms with Crippen molar-refractivity contribution in [1.29, 1.82) is 0 Å². The molecular weight excluding hydrogens is 318 g/mol. The molecule has 0 aromatic carbocycles. The Morgan fingerprint density at radius 3 is 3.00 bits per heavy atom. The van der Waals surface area contributed by atoms with E-state index in [1.807, 2.05) is 17.3 Å². The van der Waals surface area contributed by atoms with Crippen molar-refractivity contribution >= 4 is 11.7 Å². The average molecular weight is 347 g/mol. The molecule has 2 aliphatic heterocycles. The molecule has 0 saturated carbocycles. The van der Waals surface area contributed by atoms with Crippen molar-refractivity contribution in [2.45, 2.75) is 19.4 Å². The number of urea groups is 1. The van der Waals surface area contributed by atoms with E-state index in [2.05, 4.69) is 40.1 Å². The second-order valence-corrected chi connectivity index (χ2v) is 6.93. The number of pyridine rings is 1. The van der Waals surface area contributed by atoms with Gasteiger partial charge >= 0.3 is 6.03 Å². The minimum absolute atomic E-state index is 0.0186. The number of likely N-dealkylation sites (N-methyl/N-ethyl adjacent to an activating group) is 1. The minimum atomic E-state index is 0.0186. The smallest absolute Gasteiger partial charge is 0.317 e. The van der Waals surface area contributed by atoms with Crippen LogP contribution in [0, 0.1) is 6.92 Å². The number of hydrogen-bond donors (Lipinski definition) is 1. The summed E-state index contributed by atoms with van der Waals surface area (Å²) in [6.45, 7) is 8.56. The van der Waals surface area contributed by atoms with Gasteiger partial charge in [-0.1, -0.05) is 0 Å². The van der Waals surface area contributed by atoms with Crippen LogP contribution in [0.4, 0.5) is 10.5 Å². The quantitative estimate of drug-likeness (QED) is 0.882. The van der Waals surface area contributed by atoms with E-state index in [0.717, 1.165) is 52.3 Å². The van der Waals surface area contributed by atoms with Gasteiger partial charge in [-0.15, -0.1) is 0 Å². The number of carbonyl (C=O) groups is 1. The highest BCUT2D eigenvalue weighted by molar-refractivity contribution is 5.74. The highest BCUT2D eigenvalue weighted by Crippen LogP contribution is 2.20. The number of nitrogens with one attached hydrogen (secondary N) is 1. The largest absolute Gasteiger partial charge is 0.374 e. The van der Waals surface area contributed by atoms with Crippen molar-refractivity contribution in [2.75, 3.05) is 64.4 Å². The number of anilines is 1. The minimum Gasteiger partial charge on any atom is -0.374 e. The molecule has 1 N–H and O–H groups in total. The first-order valence-corrected chi connectivity index (χ1v) is 9.12. The molecule has 25 heavy (non-hydrogen) atoms. The van der Waals surface area contributed by atoms with Gasteiger partial charge in [-0.2, -0.15) is 0 Å². The lowest BCUT2D eigenvalue weighted by atomic mass is 10.2. The predicted molar refractivity (Wildman–Crippen MR) is 98.0 cm³/mol. The monoisotopic (exact) mass is 347 g/mol. The molecular formula is C18H29N5O2. The standard InChI is InChI=1S/C18H29N5O2/c1-15-12-19-5-4-17(15)22-6-3-7-23(9-8-22)18(24)20-13-16-14-21(2)10-11-25-16/h4-5,12,16H,3,6-11,13-14H2,1-2H3,(H,20,24)/t16-/m0/s1. The molecule has 0 spiro atoms. The van der Waals surface area contributed by atoms with Crippen molar-refractivity contribution < 1.29 is 9.53 Å². The van der Waals surface area contributed by atoms with Gasteiger partial charge in [0.05, 0.1) is 12.7 Å². The van der Waals surface area contributed by atoms with Gasteiger partial charge in [0.2, 0.25) is 0 Å². The number of morpholine rings is 1. The fourth-order valence-corrected chi connectivity index (χ4v) is 3.49. The maximum absolute atomic E-state index is 12.5. The highest BCUT2D eigenvalue weighted by Gasteiger charge is 2.22. The third kappa shape index (κ3) is 4.83. The third-order valence-corrected chi connectivity index (χ3v) is 4.94. The second kappa shape index (κ2) is 8.49. The lowest BCUT2D eigenvalue weighted by molar-refractivity contribution is -0.0172. The van der Waals surface area contributed by atoms with Crippen molar-refractivity contribution in [1.82, 2.24) is 20.1 Å². The Bertz CT molecular complexity index is 582. The fraction of sp³-hybridized carbons (Fsp3) is 0.667. The summed E-state index contributed by atoms with van der Waals surface area (Å²) in [5.74, 6) is 0. The molecule has 3 rings (SSSR count). The van der Waals surface area contributed by atoms with Crippen LogP contribution >= 0.6 is 0 Å². The molecule has 138 valence electrons. The SMILES string of the molecule is Cc1cnccc1N1CCCN(C(=O)NC[C@H]2CN(C)CCO2)CC1. The Balaban J connectivity index is 1.49. The molecule has 1 aromatic rings. The van der Waals surface area contributed by atoms with Crippen LogP contribution in [0.25, 0.3) is 0 Å². The summed E-state index contributed by atoms with van der Waals surface area (Å²) in [6.07, 6.45) is 4.79. The predicted octanol–water partition coefficient (Wildman–Crippen LogP) is 0.942. The van der Waals surface area contributed by atoms with Crippen LogP contribution in [-0.4, -0.2) is 86.4 Å². The number of rotatable bonds is 3. The van der Waals surface area contributed by atoms with E-state index in [0.29, 0.717) is 6.54 Å². The molecule has 1 atom stereocenters. The molecule has 0 aliphatic carbocycles. The highest BCUT2D eigenvalue weighted by atomic mass is 16.5. The Labute approximate surface area is 149 Å². The number of amides is 2. The third-order valence-electron chi connectivity index (χ3n) is 4.94. The Morgan fingerprint density at radius 2 is 2.20 bits per heavy atom. The number of aromatic nitrogens is 1. The van der Waals surface area contributed by atoms with E-state index >= 15 is 0 Å². The molecule has 2 fully saturated rings. The zero-order chi connectivity index (χ0) is 17.6. The maximum Gasteiger partial charge on any atom is 0.317 e. The number of hydrogen-bond acceptors (Lipinski definition) is 5. The zero-order valence-corrected chi connectivity index (χ0v) is 15.3. The summed E-state index contributed by atoms with van der Waals surface area (Å²) in [4.78, 5) is 23.2. The lowest BCUT2D eigenvalue weighted by Crippen LogP contribution is -2.49. The summed E-state index contributed by atoms with van der Waals surface area (Å²) < 4.78 is 5.71. The first kappa shape index (κ1) is 17.9. The number of ether oxygens (including phenoxy) is 1. The lowest BCUT2D eigenvalue weighted by Gasteiger charge is -2.31. The summed E-state index contributed by atoms with van der Waals surface area (Å²) in [5, 5.41) is 3.04. The molecule has 3 heterocycles. The molecule has 7 heteroatoms. The van der Waals surface area contributed by atoms with Crippen LogP contribution in [-0.2, 0) is 4.74 Å². The molecule has 1 aromatic heterocycles. The number of carbonyl (C=O) groups excluding carboxylic acids is 1. The van der Waals surface area contributed by atoms with Crippen LogP contribution in [0.2, 0.25) is 0 Å². The average Bonchev–Trinajstić information content (AvgIpc) is 2.86. The number of aryl methyl sites for hydroxylation is 1. The molecule has 2 amide bonds. The van der Waals surface area contributed by atoms with Gasteiger partial charge in [0.15, 0.2) is 0 Å². The number of nitrogens with zero attached hydrogens (tertiary/aromatic N) is 4. The van der Waals surface area contributed by atoms with Gasteiger partial charge in [0, 0.05) is 63.9 Å². The summed E-state index contributed by atoms with van der Waals surface area (Å²) >= 11 is 0. The van der Waals surface area contributed by atoms with Crippen molar-refractivity contribution in [3.63, 3.8) is 0 Å². The van der Waals surface area contributed by atoms with E-state index in [1.54, 1.807) is 0 Å². The Morgan fingerprint density at radius 1 is 1.32 bits per heavy atom. The fourth-order valence-electron chi connectivity index (χ4n) is 3.49. The zero-order valence-electron chi connectivity index (χ0n) is 15.3. The molecule has 7 nitrogen and oxygen atoms in total. The van der Waals surface area contributed by atoms with E-state index in [1.165, 1.54) is 11.3 Å². The van der Waals surface area contributed by atoms with Crippen LogP contribution in [0.15, 0.2) is 18.5 Å². The van der Waals surface area contributed by atoms with Crippen LogP contribution in [0.5, 0.6) is 0 Å². The molecule has 2 saturated heterocycles. The van der Waals surface area contributed by atoms with Gasteiger partial charge in [-0.25, -0.2) is 4.79 Å². The van der Waals surface area contributed by atoms with E-state index in [-0.39, 0.29) is 12.1 Å². The van der Waals surface area contributed by atoms with Crippen LogP contribution in [0.1, 0.15) is 12.0 Å². The van der Waals surface area contributed by atoms with E-state index < -0.39 is 0 Å². The van der Waals surface area contributed by atoms with Gasteiger partial charge < -0.3 is 24.8 Å². The normalized spacial score (nSPS) is 22.6. The molecule has 2 aliphatic rings. The molecule has 0 radical (unpaired) electrons. The van der Waals surface area contributed by atoms with Crippen molar-refractivity contribution in [2.24, 2.45) is 0 Å². The maximum atomic E-state index is 12.5. The summed E-state index contributed by atoms with van der Waals surface area (Å²) in [7, 11) is 2.09. The van der Waals surface area contributed by atoms with Gasteiger partial charge in [0.25, 0.3) is 0 Å².